The molecule has 1 atom stereocenters. The molecule has 1 heterocycles. The van der Waals surface area contributed by atoms with Crippen LogP contribution in [0.1, 0.15) is 26.7 Å². The first-order valence-corrected chi connectivity index (χ1v) is 6.36. The summed E-state index contributed by atoms with van der Waals surface area (Å²) >= 11 is 0. The molecular formula is C12H25ClN2O3. The zero-order chi connectivity index (χ0) is 12.7. The molecular weight excluding hydrogens is 256 g/mol. The van der Waals surface area contributed by atoms with Crippen molar-refractivity contribution in [2.24, 2.45) is 11.1 Å². The van der Waals surface area contributed by atoms with Crippen molar-refractivity contribution in [2.45, 2.75) is 32.8 Å². The van der Waals surface area contributed by atoms with Gasteiger partial charge in [0.2, 0.25) is 5.91 Å². The third-order valence-electron chi connectivity index (χ3n) is 3.60. The van der Waals surface area contributed by atoms with E-state index in [0.717, 1.165) is 12.8 Å². The summed E-state index contributed by atoms with van der Waals surface area (Å²) in [5.41, 5.74) is 5.29. The first-order chi connectivity index (χ1) is 8.18. The number of halogens is 1. The second kappa shape index (κ2) is 8.69. The van der Waals surface area contributed by atoms with Crippen molar-refractivity contribution in [3.8, 4) is 0 Å². The summed E-state index contributed by atoms with van der Waals surface area (Å²) in [4.78, 5) is 12.1. The van der Waals surface area contributed by atoms with Crippen LogP contribution in [0.2, 0.25) is 0 Å². The lowest BCUT2D eigenvalue weighted by atomic mass is 9.81. The second-order valence-electron chi connectivity index (χ2n) is 4.47. The highest BCUT2D eigenvalue weighted by Crippen LogP contribution is 2.24. The van der Waals surface area contributed by atoms with E-state index in [9.17, 15) is 4.79 Å². The van der Waals surface area contributed by atoms with Gasteiger partial charge in [0.05, 0.1) is 31.3 Å². The molecule has 1 unspecified atom stereocenters. The summed E-state index contributed by atoms with van der Waals surface area (Å²) in [5, 5.41) is 2.92. The number of rotatable bonds is 6. The average Bonchev–Trinajstić information content (AvgIpc) is 2.40. The quantitative estimate of drug-likeness (QED) is 0.751. The Balaban J connectivity index is 0.00000289. The Morgan fingerprint density at radius 3 is 2.50 bits per heavy atom. The van der Waals surface area contributed by atoms with Gasteiger partial charge in [0.1, 0.15) is 0 Å². The number of carbonyl (C=O) groups excluding carboxylic acids is 1. The number of nitrogens with one attached hydrogen (secondary N) is 1. The smallest absolute Gasteiger partial charge is 0.227 e. The van der Waals surface area contributed by atoms with Gasteiger partial charge in [-0.05, 0) is 12.8 Å². The molecule has 18 heavy (non-hydrogen) atoms. The molecule has 0 bridgehead atoms. The van der Waals surface area contributed by atoms with Crippen LogP contribution in [0.4, 0.5) is 0 Å². The van der Waals surface area contributed by atoms with Crippen molar-refractivity contribution in [1.82, 2.24) is 5.32 Å². The lowest BCUT2D eigenvalue weighted by Gasteiger charge is -2.30. The maximum Gasteiger partial charge on any atom is 0.227 e. The minimum Gasteiger partial charge on any atom is -0.376 e. The molecule has 1 fully saturated rings. The largest absolute Gasteiger partial charge is 0.376 e. The van der Waals surface area contributed by atoms with Crippen LogP contribution in [0, 0.1) is 5.41 Å². The summed E-state index contributed by atoms with van der Waals surface area (Å²) in [6, 6.07) is 0. The Labute approximate surface area is 115 Å². The van der Waals surface area contributed by atoms with Crippen molar-refractivity contribution < 1.29 is 14.3 Å². The van der Waals surface area contributed by atoms with Crippen LogP contribution in [0.3, 0.4) is 0 Å². The molecule has 6 heteroatoms. The van der Waals surface area contributed by atoms with Crippen molar-refractivity contribution in [1.29, 1.82) is 0 Å². The predicted molar refractivity (Wildman–Crippen MR) is 72.9 cm³/mol. The number of hydrogen-bond acceptors (Lipinski definition) is 4. The highest BCUT2D eigenvalue weighted by atomic mass is 35.5. The first-order valence-electron chi connectivity index (χ1n) is 6.36. The maximum atomic E-state index is 12.1. The van der Waals surface area contributed by atoms with E-state index in [0.29, 0.717) is 32.9 Å². The summed E-state index contributed by atoms with van der Waals surface area (Å²) in [6.45, 7) is 6.67. The van der Waals surface area contributed by atoms with Gasteiger partial charge < -0.3 is 20.5 Å². The number of hydrogen-bond donors (Lipinski definition) is 2. The van der Waals surface area contributed by atoms with Gasteiger partial charge in [-0.25, -0.2) is 0 Å². The van der Waals surface area contributed by atoms with E-state index in [2.05, 4.69) is 5.32 Å². The molecule has 3 N–H and O–H groups in total. The highest BCUT2D eigenvalue weighted by molar-refractivity contribution is 5.85. The normalized spacial score (nSPS) is 20.1. The average molecular weight is 281 g/mol. The van der Waals surface area contributed by atoms with E-state index in [1.54, 1.807) is 0 Å². The number of nitrogens with two attached hydrogens (primary N) is 1. The maximum absolute atomic E-state index is 12.1. The summed E-state index contributed by atoms with van der Waals surface area (Å²) in [7, 11) is 0. The topological polar surface area (TPSA) is 73.6 Å². The molecule has 0 aliphatic carbocycles. The predicted octanol–water partition coefficient (Wildman–Crippen LogP) is 0.705. The fraction of sp³-hybridized carbons (Fsp3) is 0.917. The van der Waals surface area contributed by atoms with E-state index < -0.39 is 5.41 Å². The van der Waals surface area contributed by atoms with E-state index in [1.807, 2.05) is 13.8 Å². The van der Waals surface area contributed by atoms with E-state index in [1.165, 1.54) is 0 Å². The van der Waals surface area contributed by atoms with E-state index >= 15 is 0 Å². The summed E-state index contributed by atoms with van der Waals surface area (Å²) in [6.07, 6.45) is 1.48. The van der Waals surface area contributed by atoms with Gasteiger partial charge in [-0.15, -0.1) is 12.4 Å². The van der Waals surface area contributed by atoms with Crippen LogP contribution in [-0.4, -0.2) is 44.9 Å². The summed E-state index contributed by atoms with van der Waals surface area (Å²) < 4.78 is 10.7. The molecule has 1 amide bonds. The standard InChI is InChI=1S/C12H24N2O3.ClH/c1-3-12(4-2,9-13)11(15)14-7-10-8-16-5-6-17-10;/h10H,3-9,13H2,1-2H3,(H,14,15);1H. The Hall–Kier alpha value is -0.360. The molecule has 0 saturated carbocycles. The van der Waals surface area contributed by atoms with Gasteiger partial charge in [-0.2, -0.15) is 0 Å². The molecule has 0 radical (unpaired) electrons. The second-order valence-corrected chi connectivity index (χ2v) is 4.47. The molecule has 1 aliphatic rings. The van der Waals surface area contributed by atoms with Crippen molar-refractivity contribution in [2.75, 3.05) is 32.9 Å². The van der Waals surface area contributed by atoms with Gasteiger partial charge in [0.15, 0.2) is 0 Å². The van der Waals surface area contributed by atoms with Gasteiger partial charge in [0.25, 0.3) is 0 Å². The third-order valence-corrected chi connectivity index (χ3v) is 3.60. The number of ether oxygens (including phenoxy) is 2. The minimum absolute atomic E-state index is 0. The van der Waals surface area contributed by atoms with Gasteiger partial charge in [-0.1, -0.05) is 13.8 Å². The third kappa shape index (κ3) is 4.39. The lowest BCUT2D eigenvalue weighted by Crippen LogP contribution is -2.48. The van der Waals surface area contributed by atoms with Crippen LogP contribution >= 0.6 is 12.4 Å². The van der Waals surface area contributed by atoms with E-state index in [4.69, 9.17) is 15.2 Å². The first kappa shape index (κ1) is 17.6. The van der Waals surface area contributed by atoms with Gasteiger partial charge in [0, 0.05) is 13.1 Å². The van der Waals surface area contributed by atoms with Gasteiger partial charge in [-0.3, -0.25) is 4.79 Å². The van der Waals surface area contributed by atoms with Gasteiger partial charge >= 0.3 is 0 Å². The van der Waals surface area contributed by atoms with Crippen molar-refractivity contribution >= 4 is 18.3 Å². The molecule has 5 nitrogen and oxygen atoms in total. The van der Waals surface area contributed by atoms with Crippen LogP contribution in [0.25, 0.3) is 0 Å². The van der Waals surface area contributed by atoms with Crippen molar-refractivity contribution in [3.05, 3.63) is 0 Å². The van der Waals surface area contributed by atoms with Crippen LogP contribution in [0.15, 0.2) is 0 Å². The molecule has 0 spiro atoms. The SMILES string of the molecule is CCC(CC)(CN)C(=O)NCC1COCCO1.Cl. The van der Waals surface area contributed by atoms with Crippen molar-refractivity contribution in [3.63, 3.8) is 0 Å². The molecule has 108 valence electrons. The van der Waals surface area contributed by atoms with Crippen LogP contribution in [-0.2, 0) is 14.3 Å². The van der Waals surface area contributed by atoms with Crippen LogP contribution < -0.4 is 11.1 Å². The lowest BCUT2D eigenvalue weighted by molar-refractivity contribution is -0.133. The van der Waals surface area contributed by atoms with Crippen LogP contribution in [0.5, 0.6) is 0 Å². The Bertz CT molecular complexity index is 233. The molecule has 0 aromatic carbocycles. The Kier molecular flexibility index (Phi) is 8.52. The highest BCUT2D eigenvalue weighted by Gasteiger charge is 2.33. The Morgan fingerprint density at radius 2 is 2.06 bits per heavy atom. The number of carbonyl (C=O) groups is 1. The minimum atomic E-state index is -0.435. The fourth-order valence-electron chi connectivity index (χ4n) is 2.00. The molecule has 1 aliphatic heterocycles. The Morgan fingerprint density at radius 1 is 1.39 bits per heavy atom. The zero-order valence-electron chi connectivity index (χ0n) is 11.2. The van der Waals surface area contributed by atoms with E-state index in [-0.39, 0.29) is 24.4 Å². The number of amides is 1. The molecule has 0 aromatic rings. The molecule has 1 saturated heterocycles. The monoisotopic (exact) mass is 280 g/mol. The fourth-order valence-corrected chi connectivity index (χ4v) is 2.00. The summed E-state index contributed by atoms with van der Waals surface area (Å²) in [5.74, 6) is 0.0270. The molecule has 1 rings (SSSR count). The zero-order valence-corrected chi connectivity index (χ0v) is 12.1. The molecule has 0 aromatic heterocycles.